The summed E-state index contributed by atoms with van der Waals surface area (Å²) in [6, 6.07) is 0. The summed E-state index contributed by atoms with van der Waals surface area (Å²) in [5, 5.41) is 0. The van der Waals surface area contributed by atoms with Gasteiger partial charge >= 0.3 is 5.97 Å². The van der Waals surface area contributed by atoms with E-state index in [-0.39, 0.29) is 5.97 Å². The highest BCUT2D eigenvalue weighted by atomic mass is 16.5. The van der Waals surface area contributed by atoms with E-state index in [9.17, 15) is 4.79 Å². The lowest BCUT2D eigenvalue weighted by molar-refractivity contribution is -0.143. The lowest BCUT2D eigenvalue weighted by Gasteiger charge is -2.06. The van der Waals surface area contributed by atoms with Gasteiger partial charge < -0.3 is 4.74 Å². The van der Waals surface area contributed by atoms with Crippen LogP contribution in [0, 0.1) is 5.92 Å². The molecule has 0 atom stereocenters. The van der Waals surface area contributed by atoms with Crippen LogP contribution < -0.4 is 0 Å². The van der Waals surface area contributed by atoms with Crippen molar-refractivity contribution in [1.82, 2.24) is 0 Å². The minimum atomic E-state index is 0.0272. The van der Waals surface area contributed by atoms with E-state index in [4.69, 9.17) is 4.74 Å². The molecule has 0 N–H and O–H groups in total. The fourth-order valence-corrected chi connectivity index (χ4v) is 7.50. The highest BCUT2D eigenvalue weighted by molar-refractivity contribution is 5.69. The fourth-order valence-electron chi connectivity index (χ4n) is 7.50. The first kappa shape index (κ1) is 50.2. The molecule has 0 aromatic heterocycles. The van der Waals surface area contributed by atoms with Gasteiger partial charge in [-0.25, -0.2) is 0 Å². The van der Waals surface area contributed by atoms with Crippen LogP contribution in [0.15, 0.2) is 12.2 Å². The number of esters is 1. The van der Waals surface area contributed by atoms with Crippen LogP contribution in [0.4, 0.5) is 0 Å². The first-order chi connectivity index (χ1) is 25.2. The molecule has 0 bridgehead atoms. The number of carbonyl (C=O) groups excluding carboxylic acids is 1. The Kier molecular flexibility index (Phi) is 44.7. The maximum Gasteiger partial charge on any atom is 0.305 e. The Labute approximate surface area is 323 Å². The first-order valence-corrected chi connectivity index (χ1v) is 24.0. The van der Waals surface area contributed by atoms with Crippen molar-refractivity contribution in [3.8, 4) is 0 Å². The quantitative estimate of drug-likeness (QED) is 0.0356. The number of ether oxygens (including phenoxy) is 1. The van der Waals surface area contributed by atoms with Crippen molar-refractivity contribution in [2.75, 3.05) is 6.61 Å². The minimum Gasteiger partial charge on any atom is -0.466 e. The fraction of sp³-hybridized carbons (Fsp3) is 0.939. The number of unbranched alkanes of at least 4 members (excludes halogenated alkanes) is 36. The molecular weight excluding hydrogens is 621 g/mol. The highest BCUT2D eigenvalue weighted by Crippen LogP contribution is 2.17. The van der Waals surface area contributed by atoms with Gasteiger partial charge in [-0.2, -0.15) is 0 Å². The van der Waals surface area contributed by atoms with Gasteiger partial charge in [0.15, 0.2) is 0 Å². The van der Waals surface area contributed by atoms with Crippen molar-refractivity contribution in [1.29, 1.82) is 0 Å². The number of hydrogen-bond donors (Lipinski definition) is 0. The summed E-state index contributed by atoms with van der Waals surface area (Å²) < 4.78 is 5.48. The van der Waals surface area contributed by atoms with Crippen LogP contribution in [0.3, 0.4) is 0 Å². The molecule has 0 spiro atoms. The van der Waals surface area contributed by atoms with Crippen LogP contribution in [0.5, 0.6) is 0 Å². The van der Waals surface area contributed by atoms with Crippen molar-refractivity contribution in [2.45, 2.75) is 284 Å². The van der Waals surface area contributed by atoms with Crippen molar-refractivity contribution < 1.29 is 9.53 Å². The van der Waals surface area contributed by atoms with Crippen molar-refractivity contribution in [3.63, 3.8) is 0 Å². The molecule has 0 amide bonds. The summed E-state index contributed by atoms with van der Waals surface area (Å²) in [6.45, 7) is 7.60. The Morgan fingerprint density at radius 3 is 1.04 bits per heavy atom. The van der Waals surface area contributed by atoms with Crippen molar-refractivity contribution >= 4 is 5.97 Å². The van der Waals surface area contributed by atoms with E-state index in [1.165, 1.54) is 244 Å². The zero-order chi connectivity index (χ0) is 37.0. The lowest BCUT2D eigenvalue weighted by atomic mass is 10.0. The molecule has 0 saturated carbocycles. The maximum atomic E-state index is 12.0. The molecule has 0 saturated heterocycles. The average molecular weight is 717 g/mol. The zero-order valence-electron chi connectivity index (χ0n) is 35.7. The second kappa shape index (κ2) is 45.4. The topological polar surface area (TPSA) is 26.3 Å². The van der Waals surface area contributed by atoms with E-state index < -0.39 is 0 Å². The molecule has 0 heterocycles. The molecule has 304 valence electrons. The third-order valence-electron chi connectivity index (χ3n) is 11.1. The van der Waals surface area contributed by atoms with E-state index in [1.54, 1.807) is 0 Å². The predicted octanol–water partition coefficient (Wildman–Crippen LogP) is 17.8. The molecule has 2 heteroatoms. The number of rotatable bonds is 44. The maximum absolute atomic E-state index is 12.0. The van der Waals surface area contributed by atoms with E-state index in [1.807, 2.05) is 0 Å². The van der Waals surface area contributed by atoms with Crippen LogP contribution in [0.25, 0.3) is 0 Å². The van der Waals surface area contributed by atoms with Crippen LogP contribution in [0.1, 0.15) is 284 Å². The van der Waals surface area contributed by atoms with Crippen molar-refractivity contribution in [2.24, 2.45) is 5.92 Å². The second-order valence-corrected chi connectivity index (χ2v) is 16.9. The Morgan fingerprint density at radius 2 is 0.686 bits per heavy atom. The lowest BCUT2D eigenvalue weighted by Crippen LogP contribution is -2.05. The summed E-state index contributed by atoms with van der Waals surface area (Å²) in [4.78, 5) is 12.0. The van der Waals surface area contributed by atoms with Gasteiger partial charge in [-0.3, -0.25) is 4.79 Å². The van der Waals surface area contributed by atoms with Crippen LogP contribution in [0.2, 0.25) is 0 Å². The van der Waals surface area contributed by atoms with Gasteiger partial charge in [0, 0.05) is 6.42 Å². The third-order valence-corrected chi connectivity index (χ3v) is 11.1. The molecule has 0 aliphatic heterocycles. The summed E-state index contributed by atoms with van der Waals surface area (Å²) in [5.74, 6) is 0.913. The number of hydrogen-bond acceptors (Lipinski definition) is 2. The smallest absolute Gasteiger partial charge is 0.305 e. The largest absolute Gasteiger partial charge is 0.466 e. The van der Waals surface area contributed by atoms with Gasteiger partial charge in [-0.05, 0) is 44.4 Å². The molecular formula is C49H96O2. The minimum absolute atomic E-state index is 0.0272. The monoisotopic (exact) mass is 717 g/mol. The zero-order valence-corrected chi connectivity index (χ0v) is 35.7. The summed E-state index contributed by atoms with van der Waals surface area (Å²) in [6.07, 6.45) is 60.5. The van der Waals surface area contributed by atoms with Gasteiger partial charge in [0.25, 0.3) is 0 Å². The van der Waals surface area contributed by atoms with E-state index in [0.29, 0.717) is 13.0 Å². The number of carbonyl (C=O) groups is 1. The molecule has 0 rings (SSSR count). The summed E-state index contributed by atoms with van der Waals surface area (Å²) in [5.41, 5.74) is 0. The Hall–Kier alpha value is -0.790. The van der Waals surface area contributed by atoms with E-state index in [2.05, 4.69) is 32.9 Å². The Morgan fingerprint density at radius 1 is 0.392 bits per heavy atom. The molecule has 0 unspecified atom stereocenters. The summed E-state index contributed by atoms with van der Waals surface area (Å²) >= 11 is 0. The molecule has 2 nitrogen and oxygen atoms in total. The van der Waals surface area contributed by atoms with Crippen LogP contribution >= 0.6 is 0 Å². The molecule has 0 fully saturated rings. The molecule has 0 aliphatic carbocycles. The first-order valence-electron chi connectivity index (χ1n) is 24.0. The van der Waals surface area contributed by atoms with Gasteiger partial charge in [-0.1, -0.05) is 251 Å². The SMILES string of the molecule is CCCCCCC=CCCCCCCCCCCCC(=O)OCCCCCCCCCCCCCCCCCCCCCCCCCCC(C)C. The van der Waals surface area contributed by atoms with Gasteiger partial charge in [-0.15, -0.1) is 0 Å². The normalized spacial score (nSPS) is 11.8. The van der Waals surface area contributed by atoms with Crippen LogP contribution in [-0.4, -0.2) is 12.6 Å². The molecule has 0 aromatic carbocycles. The second-order valence-electron chi connectivity index (χ2n) is 16.9. The number of allylic oxidation sites excluding steroid dienone is 2. The van der Waals surface area contributed by atoms with Gasteiger partial charge in [0.05, 0.1) is 6.61 Å². The third kappa shape index (κ3) is 47.2. The highest BCUT2D eigenvalue weighted by Gasteiger charge is 2.03. The van der Waals surface area contributed by atoms with Gasteiger partial charge in [0.1, 0.15) is 0 Å². The standard InChI is InChI=1S/C49H96O2/c1-4-5-6-7-8-9-10-11-12-21-25-28-31-34-37-40-43-46-49(50)51-47-44-41-38-35-32-29-26-23-20-18-16-14-13-15-17-19-22-24-27-30-33-36-39-42-45-48(2)3/h9-10,48H,4-8,11-47H2,1-3H3. The average Bonchev–Trinajstić information content (AvgIpc) is 3.12. The van der Waals surface area contributed by atoms with Crippen LogP contribution in [-0.2, 0) is 9.53 Å². The van der Waals surface area contributed by atoms with E-state index >= 15 is 0 Å². The van der Waals surface area contributed by atoms with Gasteiger partial charge in [0.2, 0.25) is 0 Å². The van der Waals surface area contributed by atoms with Crippen molar-refractivity contribution in [3.05, 3.63) is 12.2 Å². The Balaban J connectivity index is 3.16. The molecule has 0 radical (unpaired) electrons. The molecule has 0 aromatic rings. The summed E-state index contributed by atoms with van der Waals surface area (Å²) in [7, 11) is 0. The molecule has 51 heavy (non-hydrogen) atoms. The predicted molar refractivity (Wildman–Crippen MR) is 230 cm³/mol. The molecule has 0 aliphatic rings. The Bertz CT molecular complexity index is 667. The van der Waals surface area contributed by atoms with E-state index in [0.717, 1.165) is 18.8 Å².